The summed E-state index contributed by atoms with van der Waals surface area (Å²) in [6, 6.07) is 0.446. The summed E-state index contributed by atoms with van der Waals surface area (Å²) in [7, 11) is 0. The molecule has 0 bridgehead atoms. The molecule has 8 unspecified atom stereocenters. The minimum absolute atomic E-state index is 0. The Hall–Kier alpha value is 0.210. The standard InChI is InChI=1S/C19H33NO.ClH/c1-18-9-7-13(21)11-12(18)3-4-14-15-5-6-17(20)19(15,2)10-8-16(14)18;/h12-17,21H,3-11,20H2,1-2H3;1H. The first-order valence-electron chi connectivity index (χ1n) is 9.39. The van der Waals surface area contributed by atoms with Gasteiger partial charge in [0, 0.05) is 6.04 Å². The lowest BCUT2D eigenvalue weighted by Crippen LogP contribution is -2.55. The molecule has 0 radical (unpaired) electrons. The molecule has 0 amide bonds. The van der Waals surface area contributed by atoms with Crippen LogP contribution < -0.4 is 5.73 Å². The van der Waals surface area contributed by atoms with Crippen LogP contribution in [0, 0.1) is 34.5 Å². The van der Waals surface area contributed by atoms with Crippen molar-refractivity contribution < 1.29 is 5.11 Å². The number of rotatable bonds is 0. The van der Waals surface area contributed by atoms with Crippen LogP contribution in [-0.2, 0) is 0 Å². The van der Waals surface area contributed by atoms with E-state index in [4.69, 9.17) is 5.73 Å². The van der Waals surface area contributed by atoms with Gasteiger partial charge in [0.25, 0.3) is 0 Å². The number of aliphatic hydroxyl groups excluding tert-OH is 1. The summed E-state index contributed by atoms with van der Waals surface area (Å²) in [5.41, 5.74) is 7.43. The zero-order chi connectivity index (χ0) is 14.8. The second-order valence-electron chi connectivity index (χ2n) is 9.31. The Balaban J connectivity index is 0.00000144. The summed E-state index contributed by atoms with van der Waals surface area (Å²) in [6.45, 7) is 5.06. The summed E-state index contributed by atoms with van der Waals surface area (Å²) in [5.74, 6) is 3.50. The molecule has 0 aliphatic heterocycles. The summed E-state index contributed by atoms with van der Waals surface area (Å²) in [5, 5.41) is 10.1. The van der Waals surface area contributed by atoms with Crippen LogP contribution >= 0.6 is 12.4 Å². The Morgan fingerprint density at radius 1 is 0.864 bits per heavy atom. The monoisotopic (exact) mass is 327 g/mol. The van der Waals surface area contributed by atoms with Crippen molar-refractivity contribution in [3.05, 3.63) is 0 Å². The fourth-order valence-corrected chi connectivity index (χ4v) is 7.28. The first-order chi connectivity index (χ1) is 9.95. The van der Waals surface area contributed by atoms with Gasteiger partial charge in [0.1, 0.15) is 0 Å². The van der Waals surface area contributed by atoms with Gasteiger partial charge in [-0.1, -0.05) is 13.8 Å². The van der Waals surface area contributed by atoms with Gasteiger partial charge >= 0.3 is 0 Å². The molecular weight excluding hydrogens is 294 g/mol. The van der Waals surface area contributed by atoms with E-state index in [0.29, 0.717) is 16.9 Å². The van der Waals surface area contributed by atoms with Gasteiger partial charge in [-0.3, -0.25) is 0 Å². The minimum atomic E-state index is -0.0200. The Bertz CT molecular complexity index is 430. The van der Waals surface area contributed by atoms with E-state index in [0.717, 1.165) is 36.5 Å². The predicted molar refractivity (Wildman–Crippen MR) is 93.0 cm³/mol. The van der Waals surface area contributed by atoms with Gasteiger partial charge < -0.3 is 10.8 Å². The quantitative estimate of drug-likeness (QED) is 0.702. The van der Waals surface area contributed by atoms with Gasteiger partial charge in [0.15, 0.2) is 0 Å². The van der Waals surface area contributed by atoms with E-state index < -0.39 is 0 Å². The van der Waals surface area contributed by atoms with Crippen molar-refractivity contribution in [2.75, 3.05) is 0 Å². The van der Waals surface area contributed by atoms with Gasteiger partial charge in [0.2, 0.25) is 0 Å². The zero-order valence-corrected chi connectivity index (χ0v) is 15.1. The second kappa shape index (κ2) is 5.63. The number of aliphatic hydroxyl groups is 1. The molecule has 4 saturated carbocycles. The maximum atomic E-state index is 10.1. The molecule has 0 saturated heterocycles. The smallest absolute Gasteiger partial charge is 0.0543 e. The number of halogens is 1. The van der Waals surface area contributed by atoms with Crippen LogP contribution in [0.2, 0.25) is 0 Å². The number of hydrogen-bond donors (Lipinski definition) is 2. The highest BCUT2D eigenvalue weighted by molar-refractivity contribution is 5.85. The SMILES string of the molecule is CC12CCC3C(CCC4CC(O)CCC43C)C1CCC2N.Cl. The largest absolute Gasteiger partial charge is 0.393 e. The molecule has 0 aromatic heterocycles. The average molecular weight is 328 g/mol. The molecule has 0 heterocycles. The third-order valence-electron chi connectivity index (χ3n) is 8.71. The van der Waals surface area contributed by atoms with E-state index in [2.05, 4.69) is 13.8 Å². The van der Waals surface area contributed by atoms with Crippen molar-refractivity contribution in [1.29, 1.82) is 0 Å². The molecule has 128 valence electrons. The molecule has 0 aromatic rings. The molecule has 0 spiro atoms. The molecule has 3 heteroatoms. The van der Waals surface area contributed by atoms with Crippen molar-refractivity contribution in [2.24, 2.45) is 40.2 Å². The minimum Gasteiger partial charge on any atom is -0.393 e. The van der Waals surface area contributed by atoms with Crippen LogP contribution in [-0.4, -0.2) is 17.3 Å². The normalized spacial score (nSPS) is 57.3. The third kappa shape index (κ3) is 2.20. The van der Waals surface area contributed by atoms with E-state index in [1.54, 1.807) is 0 Å². The maximum Gasteiger partial charge on any atom is 0.0543 e. The summed E-state index contributed by atoms with van der Waals surface area (Å²) >= 11 is 0. The Morgan fingerprint density at radius 2 is 1.55 bits per heavy atom. The van der Waals surface area contributed by atoms with E-state index in [1.165, 1.54) is 44.9 Å². The van der Waals surface area contributed by atoms with Gasteiger partial charge in [-0.15, -0.1) is 12.4 Å². The first kappa shape index (κ1) is 17.0. The predicted octanol–water partition coefficient (Wildman–Crippen LogP) is 4.14. The molecular formula is C19H34ClNO. The van der Waals surface area contributed by atoms with E-state index in [-0.39, 0.29) is 18.5 Å². The number of nitrogens with two attached hydrogens (primary N) is 1. The lowest BCUT2D eigenvalue weighted by atomic mass is 9.45. The highest BCUT2D eigenvalue weighted by atomic mass is 35.5. The van der Waals surface area contributed by atoms with Crippen LogP contribution in [0.15, 0.2) is 0 Å². The fourth-order valence-electron chi connectivity index (χ4n) is 7.28. The summed E-state index contributed by atoms with van der Waals surface area (Å²) in [6.07, 6.45) is 11.5. The molecule has 0 aromatic carbocycles. The van der Waals surface area contributed by atoms with Crippen molar-refractivity contribution in [1.82, 2.24) is 0 Å². The highest BCUT2D eigenvalue weighted by Crippen LogP contribution is 2.65. The van der Waals surface area contributed by atoms with Crippen LogP contribution in [0.4, 0.5) is 0 Å². The molecule has 4 aliphatic rings. The molecule has 4 rings (SSSR count). The molecule has 22 heavy (non-hydrogen) atoms. The lowest BCUT2D eigenvalue weighted by Gasteiger charge is -2.60. The van der Waals surface area contributed by atoms with Gasteiger partial charge in [-0.2, -0.15) is 0 Å². The highest BCUT2D eigenvalue weighted by Gasteiger charge is 2.59. The van der Waals surface area contributed by atoms with Gasteiger partial charge in [0.05, 0.1) is 6.10 Å². The van der Waals surface area contributed by atoms with Gasteiger partial charge in [-0.25, -0.2) is 0 Å². The number of fused-ring (bicyclic) bond motifs is 5. The summed E-state index contributed by atoms with van der Waals surface area (Å²) in [4.78, 5) is 0. The van der Waals surface area contributed by atoms with E-state index in [1.807, 2.05) is 0 Å². The van der Waals surface area contributed by atoms with E-state index in [9.17, 15) is 5.11 Å². The fraction of sp³-hybridized carbons (Fsp3) is 1.00. The molecule has 4 fully saturated rings. The van der Waals surface area contributed by atoms with E-state index >= 15 is 0 Å². The molecule has 3 N–H and O–H groups in total. The maximum absolute atomic E-state index is 10.1. The first-order valence-corrected chi connectivity index (χ1v) is 9.39. The van der Waals surface area contributed by atoms with Crippen LogP contribution in [0.5, 0.6) is 0 Å². The molecule has 2 nitrogen and oxygen atoms in total. The Kier molecular flexibility index (Phi) is 4.37. The van der Waals surface area contributed by atoms with Crippen molar-refractivity contribution >= 4 is 12.4 Å². The Labute approximate surface area is 142 Å². The Morgan fingerprint density at radius 3 is 2.32 bits per heavy atom. The third-order valence-corrected chi connectivity index (χ3v) is 8.71. The summed E-state index contributed by atoms with van der Waals surface area (Å²) < 4.78 is 0. The molecule has 4 aliphatic carbocycles. The van der Waals surface area contributed by atoms with Crippen molar-refractivity contribution in [3.63, 3.8) is 0 Å². The molecule has 8 atom stereocenters. The van der Waals surface area contributed by atoms with Crippen LogP contribution in [0.1, 0.15) is 71.6 Å². The van der Waals surface area contributed by atoms with Crippen LogP contribution in [0.25, 0.3) is 0 Å². The van der Waals surface area contributed by atoms with Crippen molar-refractivity contribution in [3.8, 4) is 0 Å². The topological polar surface area (TPSA) is 46.2 Å². The average Bonchev–Trinajstić information content (AvgIpc) is 2.76. The second-order valence-corrected chi connectivity index (χ2v) is 9.31. The van der Waals surface area contributed by atoms with Crippen LogP contribution in [0.3, 0.4) is 0 Å². The number of hydrogen-bond acceptors (Lipinski definition) is 2. The zero-order valence-electron chi connectivity index (χ0n) is 14.3. The van der Waals surface area contributed by atoms with Crippen molar-refractivity contribution in [2.45, 2.75) is 83.8 Å². The van der Waals surface area contributed by atoms with Gasteiger partial charge in [-0.05, 0) is 92.3 Å². The lowest BCUT2D eigenvalue weighted by molar-refractivity contribution is -0.122.